The summed E-state index contributed by atoms with van der Waals surface area (Å²) in [6, 6.07) is -0.760. The molecule has 6 nitrogen and oxygen atoms in total. The maximum absolute atomic E-state index is 12.1. The third kappa shape index (κ3) is 2.58. The number of carboxylic acid groups (broad SMARTS) is 1. The highest BCUT2D eigenvalue weighted by molar-refractivity contribution is 5.83. The van der Waals surface area contributed by atoms with Gasteiger partial charge in [-0.25, -0.2) is 9.59 Å². The van der Waals surface area contributed by atoms with Gasteiger partial charge in [0.25, 0.3) is 0 Å². The Bertz CT molecular complexity index is 347. The first-order chi connectivity index (χ1) is 8.49. The standard InChI is InChI=1S/C12H21N3O3/c1-8-3-6-15(10(8)11(16)17)12(18)13-9-4-5-14(2)7-9/h8-10H,3-7H2,1-2H3,(H,13,18)(H,16,17). The van der Waals surface area contributed by atoms with Crippen molar-refractivity contribution >= 4 is 12.0 Å². The molecule has 2 fully saturated rings. The smallest absolute Gasteiger partial charge is 0.326 e. The summed E-state index contributed by atoms with van der Waals surface area (Å²) in [4.78, 5) is 26.9. The first-order valence-electron chi connectivity index (χ1n) is 6.47. The van der Waals surface area contributed by atoms with E-state index in [0.717, 1.165) is 25.9 Å². The molecule has 0 radical (unpaired) electrons. The predicted octanol–water partition coefficient (Wildman–Crippen LogP) is 0.195. The van der Waals surface area contributed by atoms with Crippen LogP contribution in [0.5, 0.6) is 0 Å². The summed E-state index contributed by atoms with van der Waals surface area (Å²) in [5.41, 5.74) is 0. The summed E-state index contributed by atoms with van der Waals surface area (Å²) in [7, 11) is 2.02. The van der Waals surface area contributed by atoms with Crippen LogP contribution in [0.3, 0.4) is 0 Å². The highest BCUT2D eigenvalue weighted by Gasteiger charge is 2.40. The number of nitrogens with zero attached hydrogens (tertiary/aromatic N) is 2. The predicted molar refractivity (Wildman–Crippen MR) is 66.3 cm³/mol. The Labute approximate surface area is 107 Å². The summed E-state index contributed by atoms with van der Waals surface area (Å²) in [5.74, 6) is -0.877. The van der Waals surface area contributed by atoms with Crippen molar-refractivity contribution in [3.63, 3.8) is 0 Å². The van der Waals surface area contributed by atoms with Crippen molar-refractivity contribution in [2.75, 3.05) is 26.7 Å². The third-order valence-corrected chi connectivity index (χ3v) is 3.93. The molecule has 3 atom stereocenters. The molecule has 3 unspecified atom stereocenters. The van der Waals surface area contributed by atoms with Gasteiger partial charge >= 0.3 is 12.0 Å². The molecule has 6 heteroatoms. The monoisotopic (exact) mass is 255 g/mol. The van der Waals surface area contributed by atoms with Gasteiger partial charge < -0.3 is 20.2 Å². The number of amides is 2. The Morgan fingerprint density at radius 1 is 1.28 bits per heavy atom. The minimum absolute atomic E-state index is 0.0273. The van der Waals surface area contributed by atoms with E-state index in [2.05, 4.69) is 10.2 Å². The van der Waals surface area contributed by atoms with E-state index in [9.17, 15) is 14.7 Å². The number of rotatable bonds is 2. The number of hydrogen-bond donors (Lipinski definition) is 2. The maximum Gasteiger partial charge on any atom is 0.326 e. The Balaban J connectivity index is 1.94. The van der Waals surface area contributed by atoms with Gasteiger partial charge in [-0.15, -0.1) is 0 Å². The van der Waals surface area contributed by atoms with Crippen LogP contribution >= 0.6 is 0 Å². The average molecular weight is 255 g/mol. The van der Waals surface area contributed by atoms with Gasteiger partial charge in [0, 0.05) is 19.1 Å². The molecule has 2 rings (SSSR count). The van der Waals surface area contributed by atoms with E-state index in [-0.39, 0.29) is 18.0 Å². The fourth-order valence-corrected chi connectivity index (χ4v) is 2.86. The molecular weight excluding hydrogens is 234 g/mol. The van der Waals surface area contributed by atoms with Crippen LogP contribution in [-0.4, -0.2) is 65.7 Å². The van der Waals surface area contributed by atoms with Gasteiger partial charge in [-0.3, -0.25) is 0 Å². The molecule has 0 aliphatic carbocycles. The van der Waals surface area contributed by atoms with Crippen LogP contribution in [0.15, 0.2) is 0 Å². The van der Waals surface area contributed by atoms with Crippen LogP contribution in [0.1, 0.15) is 19.8 Å². The number of likely N-dealkylation sites (tertiary alicyclic amines) is 2. The van der Waals surface area contributed by atoms with Crippen molar-refractivity contribution in [1.29, 1.82) is 0 Å². The fourth-order valence-electron chi connectivity index (χ4n) is 2.86. The molecule has 2 amide bonds. The topological polar surface area (TPSA) is 72.9 Å². The summed E-state index contributed by atoms with van der Waals surface area (Å²) < 4.78 is 0. The number of carboxylic acids is 1. The number of carbonyl (C=O) groups is 2. The highest BCUT2D eigenvalue weighted by atomic mass is 16.4. The van der Waals surface area contributed by atoms with Crippen molar-refractivity contribution in [3.05, 3.63) is 0 Å². The number of urea groups is 1. The number of nitrogens with one attached hydrogen (secondary N) is 1. The second-order valence-electron chi connectivity index (χ2n) is 5.44. The summed E-state index contributed by atoms with van der Waals surface area (Å²) >= 11 is 0. The molecule has 0 aromatic heterocycles. The molecule has 2 aliphatic heterocycles. The summed E-state index contributed by atoms with van der Waals surface area (Å²) in [6.45, 7) is 4.23. The van der Waals surface area contributed by atoms with E-state index in [0.29, 0.717) is 6.54 Å². The lowest BCUT2D eigenvalue weighted by Crippen LogP contribution is -2.50. The number of carbonyl (C=O) groups excluding carboxylic acids is 1. The van der Waals surface area contributed by atoms with Crippen molar-refractivity contribution in [3.8, 4) is 0 Å². The van der Waals surface area contributed by atoms with E-state index in [1.54, 1.807) is 0 Å². The molecule has 2 N–H and O–H groups in total. The second kappa shape index (κ2) is 5.14. The molecule has 2 heterocycles. The van der Waals surface area contributed by atoms with Crippen molar-refractivity contribution < 1.29 is 14.7 Å². The van der Waals surface area contributed by atoms with Crippen LogP contribution < -0.4 is 5.32 Å². The van der Waals surface area contributed by atoms with E-state index < -0.39 is 12.0 Å². The molecule has 2 saturated heterocycles. The van der Waals surface area contributed by atoms with Gasteiger partial charge in [-0.05, 0) is 32.4 Å². The van der Waals surface area contributed by atoms with Crippen LogP contribution in [0.2, 0.25) is 0 Å². The minimum atomic E-state index is -0.904. The van der Waals surface area contributed by atoms with E-state index in [1.807, 2.05) is 14.0 Å². The Hall–Kier alpha value is -1.30. The van der Waals surface area contributed by atoms with Crippen LogP contribution in [-0.2, 0) is 4.79 Å². The third-order valence-electron chi connectivity index (χ3n) is 3.93. The number of hydrogen-bond acceptors (Lipinski definition) is 3. The van der Waals surface area contributed by atoms with E-state index >= 15 is 0 Å². The van der Waals surface area contributed by atoms with Crippen LogP contribution in [0.4, 0.5) is 4.79 Å². The Morgan fingerprint density at radius 2 is 2.00 bits per heavy atom. The summed E-state index contributed by atoms with van der Waals surface area (Å²) in [6.07, 6.45) is 1.69. The first kappa shape index (κ1) is 13.1. The first-order valence-corrected chi connectivity index (χ1v) is 6.47. The molecule has 0 saturated carbocycles. The quantitative estimate of drug-likeness (QED) is 0.739. The molecule has 0 aromatic carbocycles. The minimum Gasteiger partial charge on any atom is -0.480 e. The molecule has 18 heavy (non-hydrogen) atoms. The molecule has 0 aromatic rings. The lowest BCUT2D eigenvalue weighted by atomic mass is 10.0. The molecular formula is C12H21N3O3. The van der Waals surface area contributed by atoms with Gasteiger partial charge in [-0.1, -0.05) is 6.92 Å². The van der Waals surface area contributed by atoms with Gasteiger partial charge in [0.2, 0.25) is 0 Å². The van der Waals surface area contributed by atoms with Gasteiger partial charge in [0.05, 0.1) is 0 Å². The molecule has 2 aliphatic rings. The van der Waals surface area contributed by atoms with Gasteiger partial charge in [0.15, 0.2) is 0 Å². The molecule has 102 valence electrons. The zero-order chi connectivity index (χ0) is 13.3. The molecule has 0 spiro atoms. The second-order valence-corrected chi connectivity index (χ2v) is 5.44. The van der Waals surface area contributed by atoms with Crippen LogP contribution in [0.25, 0.3) is 0 Å². The lowest BCUT2D eigenvalue weighted by Gasteiger charge is -2.25. The Morgan fingerprint density at radius 3 is 2.56 bits per heavy atom. The maximum atomic E-state index is 12.1. The highest BCUT2D eigenvalue weighted by Crippen LogP contribution is 2.24. The number of likely N-dealkylation sites (N-methyl/N-ethyl adjacent to an activating group) is 1. The Kier molecular flexibility index (Phi) is 3.75. The van der Waals surface area contributed by atoms with E-state index in [1.165, 1.54) is 4.90 Å². The lowest BCUT2D eigenvalue weighted by molar-refractivity contribution is -0.142. The average Bonchev–Trinajstić information content (AvgIpc) is 2.84. The van der Waals surface area contributed by atoms with Crippen LogP contribution in [0, 0.1) is 5.92 Å². The van der Waals surface area contributed by atoms with E-state index in [4.69, 9.17) is 0 Å². The van der Waals surface area contributed by atoms with Gasteiger partial charge in [0.1, 0.15) is 6.04 Å². The van der Waals surface area contributed by atoms with Crippen molar-refractivity contribution in [2.24, 2.45) is 5.92 Å². The normalized spacial score (nSPS) is 32.8. The zero-order valence-corrected chi connectivity index (χ0v) is 10.9. The zero-order valence-electron chi connectivity index (χ0n) is 10.9. The van der Waals surface area contributed by atoms with Crippen molar-refractivity contribution in [2.45, 2.75) is 31.8 Å². The van der Waals surface area contributed by atoms with Crippen molar-refractivity contribution in [1.82, 2.24) is 15.1 Å². The summed E-state index contributed by atoms with van der Waals surface area (Å²) in [5, 5.41) is 12.1. The SMILES string of the molecule is CC1CCN(C(=O)NC2CCN(C)C2)C1C(=O)O. The van der Waals surface area contributed by atoms with Gasteiger partial charge in [-0.2, -0.15) is 0 Å². The fraction of sp³-hybridized carbons (Fsp3) is 0.833. The largest absolute Gasteiger partial charge is 0.480 e. The molecule has 0 bridgehead atoms. The number of aliphatic carboxylic acids is 1.